The summed E-state index contributed by atoms with van der Waals surface area (Å²) in [4.78, 5) is 50.0. The summed E-state index contributed by atoms with van der Waals surface area (Å²) in [5, 5.41) is 5.70. The Hall–Kier alpha value is -3.48. The lowest BCUT2D eigenvalue weighted by atomic mass is 10.1. The van der Waals surface area contributed by atoms with Crippen LogP contribution in [-0.4, -0.2) is 35.1 Å². The van der Waals surface area contributed by atoms with Crippen LogP contribution in [-0.2, 0) is 16.1 Å². The number of hydrogen-bond acceptors (Lipinski definition) is 4. The van der Waals surface area contributed by atoms with Crippen molar-refractivity contribution in [2.45, 2.75) is 39.7 Å². The Morgan fingerprint density at radius 3 is 2.26 bits per heavy atom. The van der Waals surface area contributed by atoms with Crippen molar-refractivity contribution >= 4 is 29.3 Å². The first kappa shape index (κ1) is 22.2. The second-order valence-electron chi connectivity index (χ2n) is 8.03. The van der Waals surface area contributed by atoms with Crippen LogP contribution in [0.1, 0.15) is 59.4 Å². The summed E-state index contributed by atoms with van der Waals surface area (Å²) in [5.41, 5.74) is 2.40. The molecule has 0 radical (unpaired) electrons. The van der Waals surface area contributed by atoms with E-state index < -0.39 is 0 Å². The maximum atomic E-state index is 12.3. The van der Waals surface area contributed by atoms with Gasteiger partial charge in [0.05, 0.1) is 11.1 Å². The number of fused-ring (bicyclic) bond motifs is 1. The van der Waals surface area contributed by atoms with Crippen LogP contribution < -0.4 is 10.6 Å². The third kappa shape index (κ3) is 5.78. The van der Waals surface area contributed by atoms with Gasteiger partial charge in [-0.15, -0.1) is 0 Å². The highest BCUT2D eigenvalue weighted by Crippen LogP contribution is 2.22. The molecule has 0 saturated carbocycles. The molecule has 4 amide bonds. The third-order valence-corrected chi connectivity index (χ3v) is 4.96. The molecule has 2 aromatic carbocycles. The molecule has 2 aromatic rings. The molecule has 31 heavy (non-hydrogen) atoms. The number of amides is 4. The molecule has 0 atom stereocenters. The van der Waals surface area contributed by atoms with Gasteiger partial charge in [-0.3, -0.25) is 24.1 Å². The highest BCUT2D eigenvalue weighted by Gasteiger charge is 2.34. The lowest BCUT2D eigenvalue weighted by Gasteiger charge is -2.13. The van der Waals surface area contributed by atoms with E-state index in [-0.39, 0.29) is 42.5 Å². The summed E-state index contributed by atoms with van der Waals surface area (Å²) in [6.45, 7) is 4.51. The zero-order valence-corrected chi connectivity index (χ0v) is 17.8. The van der Waals surface area contributed by atoms with Crippen LogP contribution in [0.3, 0.4) is 0 Å². The van der Waals surface area contributed by atoms with Crippen LogP contribution in [0, 0.1) is 5.92 Å². The van der Waals surface area contributed by atoms with E-state index >= 15 is 0 Å². The monoisotopic (exact) mass is 421 g/mol. The number of rotatable bonds is 9. The summed E-state index contributed by atoms with van der Waals surface area (Å²) < 4.78 is 0. The summed E-state index contributed by atoms with van der Waals surface area (Å²) in [7, 11) is 0. The van der Waals surface area contributed by atoms with Crippen molar-refractivity contribution in [1.82, 2.24) is 10.2 Å². The molecule has 0 bridgehead atoms. The largest absolute Gasteiger partial charge is 0.352 e. The van der Waals surface area contributed by atoms with Gasteiger partial charge in [0.1, 0.15) is 0 Å². The fourth-order valence-corrected chi connectivity index (χ4v) is 3.47. The third-order valence-electron chi connectivity index (χ3n) is 4.96. The number of nitrogens with one attached hydrogen (secondary N) is 2. The Morgan fingerprint density at radius 1 is 0.935 bits per heavy atom. The van der Waals surface area contributed by atoms with Gasteiger partial charge < -0.3 is 10.6 Å². The number of anilines is 1. The highest BCUT2D eigenvalue weighted by atomic mass is 16.2. The first-order valence-electron chi connectivity index (χ1n) is 10.5. The Morgan fingerprint density at radius 2 is 1.61 bits per heavy atom. The molecule has 0 aromatic heterocycles. The second-order valence-corrected chi connectivity index (χ2v) is 8.03. The summed E-state index contributed by atoms with van der Waals surface area (Å²) >= 11 is 0. The van der Waals surface area contributed by atoms with Crippen molar-refractivity contribution in [3.63, 3.8) is 0 Å². The molecule has 162 valence electrons. The van der Waals surface area contributed by atoms with Crippen molar-refractivity contribution in [3.8, 4) is 0 Å². The minimum absolute atomic E-state index is 0.0376. The summed E-state index contributed by atoms with van der Waals surface area (Å²) in [6, 6.07) is 14.1. The molecule has 1 aliphatic heterocycles. The van der Waals surface area contributed by atoms with Crippen molar-refractivity contribution in [3.05, 3.63) is 65.2 Å². The van der Waals surface area contributed by atoms with E-state index in [1.165, 1.54) is 4.90 Å². The molecular weight excluding hydrogens is 394 g/mol. The van der Waals surface area contributed by atoms with Crippen LogP contribution in [0.2, 0.25) is 0 Å². The Balaban J connectivity index is 1.43. The maximum Gasteiger partial charge on any atom is 0.261 e. The van der Waals surface area contributed by atoms with Gasteiger partial charge in [-0.1, -0.05) is 38.1 Å². The van der Waals surface area contributed by atoms with Gasteiger partial charge >= 0.3 is 0 Å². The molecule has 7 heteroatoms. The van der Waals surface area contributed by atoms with Crippen molar-refractivity contribution in [2.24, 2.45) is 5.92 Å². The van der Waals surface area contributed by atoms with Gasteiger partial charge in [0.25, 0.3) is 11.8 Å². The smallest absolute Gasteiger partial charge is 0.261 e. The molecule has 0 unspecified atom stereocenters. The Kier molecular flexibility index (Phi) is 7.18. The van der Waals surface area contributed by atoms with E-state index in [0.29, 0.717) is 36.2 Å². The van der Waals surface area contributed by atoms with Gasteiger partial charge in [0, 0.05) is 31.6 Å². The topological polar surface area (TPSA) is 95.6 Å². The fourth-order valence-electron chi connectivity index (χ4n) is 3.47. The van der Waals surface area contributed by atoms with E-state index in [0.717, 1.165) is 5.56 Å². The predicted octanol–water partition coefficient (Wildman–Crippen LogP) is 3.36. The molecule has 3 rings (SSSR count). The Labute approximate surface area is 181 Å². The molecule has 0 saturated heterocycles. The zero-order valence-electron chi connectivity index (χ0n) is 17.8. The molecular formula is C24H27N3O4. The van der Waals surface area contributed by atoms with Crippen LogP contribution in [0.25, 0.3) is 0 Å². The molecule has 7 nitrogen and oxygen atoms in total. The summed E-state index contributed by atoms with van der Waals surface area (Å²) in [6.07, 6.45) is 1.05. The lowest BCUT2D eigenvalue weighted by molar-refractivity contribution is -0.121. The van der Waals surface area contributed by atoms with Crippen LogP contribution in [0.5, 0.6) is 0 Å². The number of carbonyl (C=O) groups is 4. The van der Waals surface area contributed by atoms with Gasteiger partial charge in [-0.05, 0) is 42.2 Å². The SMILES string of the molecule is CC(C)CC(=O)Nc1cccc(CNC(=O)CCCN2C(=O)c3ccccc3C2=O)c1. The van der Waals surface area contributed by atoms with Gasteiger partial charge in [-0.25, -0.2) is 0 Å². The van der Waals surface area contributed by atoms with Crippen LogP contribution in [0.15, 0.2) is 48.5 Å². The first-order chi connectivity index (χ1) is 14.8. The zero-order chi connectivity index (χ0) is 22.4. The molecule has 1 heterocycles. The van der Waals surface area contributed by atoms with E-state index in [1.54, 1.807) is 24.3 Å². The lowest BCUT2D eigenvalue weighted by Crippen LogP contribution is -2.32. The minimum Gasteiger partial charge on any atom is -0.352 e. The summed E-state index contributed by atoms with van der Waals surface area (Å²) in [5.74, 6) is -0.535. The maximum absolute atomic E-state index is 12.3. The molecule has 2 N–H and O–H groups in total. The average Bonchev–Trinajstić information content (AvgIpc) is 2.97. The Bertz CT molecular complexity index is 965. The quantitative estimate of drug-likeness (QED) is 0.607. The number of nitrogens with zero attached hydrogens (tertiary/aromatic N) is 1. The predicted molar refractivity (Wildman–Crippen MR) is 117 cm³/mol. The molecule has 0 fully saturated rings. The normalized spacial score (nSPS) is 12.8. The van der Waals surface area contributed by atoms with Crippen molar-refractivity contribution in [1.29, 1.82) is 0 Å². The highest BCUT2D eigenvalue weighted by molar-refractivity contribution is 6.21. The van der Waals surface area contributed by atoms with Crippen LogP contribution >= 0.6 is 0 Å². The van der Waals surface area contributed by atoms with E-state index in [9.17, 15) is 19.2 Å². The number of carbonyl (C=O) groups excluding carboxylic acids is 4. The van der Waals surface area contributed by atoms with Gasteiger partial charge in [-0.2, -0.15) is 0 Å². The second kappa shape index (κ2) is 10.0. The first-order valence-corrected chi connectivity index (χ1v) is 10.5. The van der Waals surface area contributed by atoms with Crippen molar-refractivity contribution < 1.29 is 19.2 Å². The minimum atomic E-state index is -0.308. The molecule has 1 aliphatic rings. The van der Waals surface area contributed by atoms with E-state index in [4.69, 9.17) is 0 Å². The number of hydrogen-bond donors (Lipinski definition) is 2. The standard InChI is InChI=1S/C24H27N3O4/c1-16(2)13-22(29)26-18-8-5-7-17(14-18)15-25-21(28)11-6-12-27-23(30)19-9-3-4-10-20(19)24(27)31/h3-5,7-10,14,16H,6,11-13,15H2,1-2H3,(H,25,28)(H,26,29). The number of imide groups is 1. The average molecular weight is 421 g/mol. The van der Waals surface area contributed by atoms with E-state index in [1.807, 2.05) is 38.1 Å². The van der Waals surface area contributed by atoms with Crippen molar-refractivity contribution in [2.75, 3.05) is 11.9 Å². The van der Waals surface area contributed by atoms with Gasteiger partial charge in [0.15, 0.2) is 0 Å². The fraction of sp³-hybridized carbons (Fsp3) is 0.333. The van der Waals surface area contributed by atoms with Crippen LogP contribution in [0.4, 0.5) is 5.69 Å². The number of benzene rings is 2. The molecule has 0 aliphatic carbocycles. The van der Waals surface area contributed by atoms with E-state index in [2.05, 4.69) is 10.6 Å². The molecule has 0 spiro atoms. The van der Waals surface area contributed by atoms with Gasteiger partial charge in [0.2, 0.25) is 11.8 Å².